The summed E-state index contributed by atoms with van der Waals surface area (Å²) in [5.41, 5.74) is 3.47. The van der Waals surface area contributed by atoms with Gasteiger partial charge in [-0.15, -0.1) is 0 Å². The summed E-state index contributed by atoms with van der Waals surface area (Å²) in [6, 6.07) is 15.9. The normalized spacial score (nSPS) is 22.1. The number of hydrogen-bond acceptors (Lipinski definition) is 2. The molecule has 2 amide bonds. The number of halogens is 5. The minimum atomic E-state index is -5.07. The van der Waals surface area contributed by atoms with Crippen molar-refractivity contribution in [3.8, 4) is 0 Å². The van der Waals surface area contributed by atoms with E-state index in [1.807, 2.05) is 0 Å². The Morgan fingerprint density at radius 2 is 1.69 bits per heavy atom. The summed E-state index contributed by atoms with van der Waals surface area (Å²) in [6.07, 6.45) is -3.33. The molecule has 1 saturated heterocycles. The highest BCUT2D eigenvalue weighted by atomic mass is 19.4. The first kappa shape index (κ1) is 26.8. The predicted molar refractivity (Wildman–Crippen MR) is 135 cm³/mol. The number of primary amides is 1. The van der Waals surface area contributed by atoms with E-state index in [-0.39, 0.29) is 17.5 Å². The lowest BCUT2D eigenvalue weighted by molar-refractivity contribution is -0.228. The summed E-state index contributed by atoms with van der Waals surface area (Å²) in [5, 5.41) is 0. The highest BCUT2D eigenvalue weighted by Crippen LogP contribution is 2.51. The van der Waals surface area contributed by atoms with Crippen LogP contribution in [0.15, 0.2) is 66.7 Å². The number of likely N-dealkylation sites (tertiary alicyclic amines) is 1. The van der Waals surface area contributed by atoms with Crippen LogP contribution in [-0.4, -0.2) is 35.5 Å². The fourth-order valence-corrected chi connectivity index (χ4v) is 6.20. The average molecular weight is 543 g/mol. The van der Waals surface area contributed by atoms with Crippen LogP contribution in [0, 0.1) is 5.82 Å². The number of aryl methyl sites for hydroxylation is 1. The van der Waals surface area contributed by atoms with Crippen LogP contribution in [0.5, 0.6) is 0 Å². The Kier molecular flexibility index (Phi) is 6.51. The third-order valence-corrected chi connectivity index (χ3v) is 8.30. The van der Waals surface area contributed by atoms with Gasteiger partial charge in [0.05, 0.1) is 0 Å². The lowest BCUT2D eigenvalue weighted by Gasteiger charge is -2.44. The Labute approximate surface area is 222 Å². The fourth-order valence-electron chi connectivity index (χ4n) is 6.20. The molecule has 1 aliphatic carbocycles. The van der Waals surface area contributed by atoms with Crippen molar-refractivity contribution >= 4 is 11.8 Å². The van der Waals surface area contributed by atoms with Crippen molar-refractivity contribution in [2.75, 3.05) is 6.54 Å². The maximum absolute atomic E-state index is 14.8. The molecule has 1 unspecified atom stereocenters. The van der Waals surface area contributed by atoms with E-state index in [1.54, 1.807) is 35.2 Å². The van der Waals surface area contributed by atoms with Gasteiger partial charge in [-0.05, 0) is 85.2 Å². The number of hydrogen-bond donors (Lipinski definition) is 1. The van der Waals surface area contributed by atoms with Gasteiger partial charge in [0, 0.05) is 29.1 Å². The van der Waals surface area contributed by atoms with E-state index in [2.05, 4.69) is 0 Å². The highest BCUT2D eigenvalue weighted by Gasteiger charge is 2.55. The first-order valence-electron chi connectivity index (χ1n) is 12.7. The molecule has 2 aliphatic rings. The molecule has 3 aromatic rings. The van der Waals surface area contributed by atoms with Crippen LogP contribution in [0.2, 0.25) is 0 Å². The molecule has 0 bridgehead atoms. The molecule has 0 aromatic heterocycles. The summed E-state index contributed by atoms with van der Waals surface area (Å²) >= 11 is 0. The van der Waals surface area contributed by atoms with Crippen LogP contribution in [-0.2, 0) is 23.9 Å². The molecule has 0 saturated carbocycles. The van der Waals surface area contributed by atoms with E-state index in [1.165, 1.54) is 36.4 Å². The van der Waals surface area contributed by atoms with Crippen molar-refractivity contribution in [2.24, 2.45) is 5.73 Å². The zero-order valence-corrected chi connectivity index (χ0v) is 21.2. The molecule has 39 heavy (non-hydrogen) atoms. The van der Waals surface area contributed by atoms with E-state index >= 15 is 0 Å². The quantitative estimate of drug-likeness (QED) is 0.401. The van der Waals surface area contributed by atoms with Crippen molar-refractivity contribution < 1.29 is 31.5 Å². The Balaban J connectivity index is 1.58. The monoisotopic (exact) mass is 542 g/mol. The number of alkyl halides is 4. The van der Waals surface area contributed by atoms with Crippen LogP contribution >= 0.6 is 0 Å². The predicted octanol–water partition coefficient (Wildman–Crippen LogP) is 6.01. The number of fused-ring (bicyclic) bond motifs is 3. The molecule has 3 atom stereocenters. The summed E-state index contributed by atoms with van der Waals surface area (Å²) in [5.74, 6) is -1.33. The largest absolute Gasteiger partial charge is 0.426 e. The number of carbonyl (C=O) groups is 2. The number of rotatable bonds is 5. The van der Waals surface area contributed by atoms with Gasteiger partial charge in [0.25, 0.3) is 5.91 Å². The lowest BCUT2D eigenvalue weighted by Crippen LogP contribution is -2.49. The maximum Gasteiger partial charge on any atom is 0.426 e. The minimum absolute atomic E-state index is 0.207. The molecule has 1 aliphatic heterocycles. The molecule has 0 spiro atoms. The van der Waals surface area contributed by atoms with E-state index in [4.69, 9.17) is 5.73 Å². The van der Waals surface area contributed by atoms with Gasteiger partial charge >= 0.3 is 6.18 Å². The van der Waals surface area contributed by atoms with Crippen molar-refractivity contribution in [2.45, 2.75) is 55.9 Å². The second kappa shape index (κ2) is 9.47. The molecule has 9 heteroatoms. The Hall–Kier alpha value is -3.75. The fraction of sp³-hybridized carbons (Fsp3) is 0.333. The van der Waals surface area contributed by atoms with Gasteiger partial charge in [0.1, 0.15) is 5.82 Å². The molecule has 4 nitrogen and oxygen atoms in total. The van der Waals surface area contributed by atoms with Crippen molar-refractivity contribution in [3.05, 3.63) is 106 Å². The standard InChI is InChI=1S/C30H27F5N2O2/c1-28(32,30(33,34)35)22-8-11-24-19(16-22)7-12-25-29(24,17-18-5-9-23(31)10-6-18)13-14-37(25)27(39)21-4-2-3-20(15-21)26(36)38/h2-6,8-11,15-16,25H,7,12-14,17H2,1H3,(H2,36,38)/t25-,28?,29-/m1/s1. The summed E-state index contributed by atoms with van der Waals surface area (Å²) < 4.78 is 68.9. The Morgan fingerprint density at radius 1 is 1.00 bits per heavy atom. The number of benzene rings is 3. The van der Waals surface area contributed by atoms with Gasteiger partial charge in [-0.25, -0.2) is 8.78 Å². The number of amides is 2. The second-order valence-corrected chi connectivity index (χ2v) is 10.6. The molecular formula is C30H27F5N2O2. The zero-order chi connectivity index (χ0) is 28.2. The molecule has 3 aromatic carbocycles. The topological polar surface area (TPSA) is 63.4 Å². The molecule has 1 heterocycles. The smallest absolute Gasteiger partial charge is 0.366 e. The van der Waals surface area contributed by atoms with Crippen molar-refractivity contribution in [3.63, 3.8) is 0 Å². The number of carbonyl (C=O) groups excluding carboxylic acids is 2. The van der Waals surface area contributed by atoms with Crippen LogP contribution in [0.1, 0.15) is 62.7 Å². The molecule has 5 rings (SSSR count). The van der Waals surface area contributed by atoms with E-state index in [0.29, 0.717) is 50.3 Å². The molecular weight excluding hydrogens is 515 g/mol. The minimum Gasteiger partial charge on any atom is -0.366 e. The van der Waals surface area contributed by atoms with E-state index in [9.17, 15) is 31.5 Å². The van der Waals surface area contributed by atoms with Gasteiger partial charge in [0.15, 0.2) is 0 Å². The third-order valence-electron chi connectivity index (χ3n) is 8.30. The molecule has 0 radical (unpaired) electrons. The lowest BCUT2D eigenvalue weighted by atomic mass is 9.63. The Bertz CT molecular complexity index is 1430. The van der Waals surface area contributed by atoms with Crippen molar-refractivity contribution in [1.29, 1.82) is 0 Å². The Morgan fingerprint density at radius 3 is 2.36 bits per heavy atom. The second-order valence-electron chi connectivity index (χ2n) is 10.6. The molecule has 204 valence electrons. The van der Waals surface area contributed by atoms with Crippen molar-refractivity contribution in [1.82, 2.24) is 4.90 Å². The maximum atomic E-state index is 14.8. The third kappa shape index (κ3) is 4.57. The van der Waals surface area contributed by atoms with Gasteiger partial charge in [0.2, 0.25) is 11.6 Å². The summed E-state index contributed by atoms with van der Waals surface area (Å²) in [4.78, 5) is 27.1. The van der Waals surface area contributed by atoms with E-state index < -0.39 is 34.5 Å². The highest BCUT2D eigenvalue weighted by molar-refractivity contribution is 5.99. The van der Waals surface area contributed by atoms with Gasteiger partial charge in [-0.3, -0.25) is 9.59 Å². The average Bonchev–Trinajstić information content (AvgIpc) is 3.28. The van der Waals surface area contributed by atoms with Gasteiger partial charge < -0.3 is 10.6 Å². The number of nitrogens with two attached hydrogens (primary N) is 1. The zero-order valence-electron chi connectivity index (χ0n) is 21.2. The number of nitrogens with zero attached hydrogens (tertiary/aromatic N) is 1. The summed E-state index contributed by atoms with van der Waals surface area (Å²) in [6.45, 7) is 0.890. The molecule has 2 N–H and O–H groups in total. The first-order valence-corrected chi connectivity index (χ1v) is 12.7. The van der Waals surface area contributed by atoms with Crippen LogP contribution < -0.4 is 5.73 Å². The summed E-state index contributed by atoms with van der Waals surface area (Å²) in [7, 11) is 0. The van der Waals surface area contributed by atoms with Crippen LogP contribution in [0.4, 0.5) is 22.0 Å². The van der Waals surface area contributed by atoms with Gasteiger partial charge in [-0.2, -0.15) is 13.2 Å². The van der Waals surface area contributed by atoms with Crippen LogP contribution in [0.3, 0.4) is 0 Å². The first-order chi connectivity index (χ1) is 18.3. The van der Waals surface area contributed by atoms with Gasteiger partial charge in [-0.1, -0.05) is 36.4 Å². The van der Waals surface area contributed by atoms with E-state index in [0.717, 1.165) is 11.1 Å². The SMILES string of the molecule is CC(F)(c1ccc2c(c1)CC[C@H]1N(C(=O)c3cccc(C(N)=O)c3)CC[C@@]21Cc1ccc(F)cc1)C(F)(F)F. The molecule has 1 fully saturated rings. The van der Waals surface area contributed by atoms with Crippen LogP contribution in [0.25, 0.3) is 0 Å².